The summed E-state index contributed by atoms with van der Waals surface area (Å²) in [6.07, 6.45) is 3.30. The summed E-state index contributed by atoms with van der Waals surface area (Å²) in [7, 11) is 0. The first kappa shape index (κ1) is 22.9. The van der Waals surface area contributed by atoms with Gasteiger partial charge in [0.25, 0.3) is 0 Å². The van der Waals surface area contributed by atoms with E-state index in [0.29, 0.717) is 39.0 Å². The van der Waals surface area contributed by atoms with Gasteiger partial charge in [0.2, 0.25) is 11.8 Å². The van der Waals surface area contributed by atoms with Crippen LogP contribution in [0.4, 0.5) is 0 Å². The normalized spacial score (nSPS) is 14.3. The highest BCUT2D eigenvalue weighted by atomic mass is 16.5. The van der Waals surface area contributed by atoms with Gasteiger partial charge in [0.05, 0.1) is 6.61 Å². The Labute approximate surface area is 186 Å². The SMILES string of the molecule is Cc1ccc(CCC(=O)N2CCCN(C(=O)CCCOc3ccc(C)cc3)CC2)cc1. The molecule has 1 heterocycles. The van der Waals surface area contributed by atoms with Crippen molar-refractivity contribution in [2.75, 3.05) is 32.8 Å². The predicted octanol–water partition coefficient (Wildman–Crippen LogP) is 4.16. The van der Waals surface area contributed by atoms with Crippen molar-refractivity contribution in [3.63, 3.8) is 0 Å². The Morgan fingerprint density at radius 2 is 1.32 bits per heavy atom. The summed E-state index contributed by atoms with van der Waals surface area (Å²) in [5.41, 5.74) is 3.62. The quantitative estimate of drug-likeness (QED) is 0.601. The Morgan fingerprint density at radius 1 is 0.774 bits per heavy atom. The van der Waals surface area contributed by atoms with Crippen LogP contribution < -0.4 is 4.74 Å². The molecule has 1 fully saturated rings. The van der Waals surface area contributed by atoms with Crippen LogP contribution in [0.3, 0.4) is 0 Å². The lowest BCUT2D eigenvalue weighted by Gasteiger charge is -2.22. The lowest BCUT2D eigenvalue weighted by atomic mass is 10.1. The van der Waals surface area contributed by atoms with Crippen molar-refractivity contribution >= 4 is 11.8 Å². The van der Waals surface area contributed by atoms with E-state index in [1.165, 1.54) is 16.7 Å². The van der Waals surface area contributed by atoms with Crippen LogP contribution in [0.5, 0.6) is 5.75 Å². The molecular weight excluding hydrogens is 388 g/mol. The zero-order valence-corrected chi connectivity index (χ0v) is 18.8. The van der Waals surface area contributed by atoms with Crippen molar-refractivity contribution in [2.45, 2.75) is 46.0 Å². The highest BCUT2D eigenvalue weighted by molar-refractivity contribution is 5.78. The van der Waals surface area contributed by atoms with Gasteiger partial charge in [0.1, 0.15) is 5.75 Å². The van der Waals surface area contributed by atoms with E-state index in [1.54, 1.807) is 0 Å². The summed E-state index contributed by atoms with van der Waals surface area (Å²) < 4.78 is 5.72. The number of carbonyl (C=O) groups is 2. The molecule has 0 atom stereocenters. The van der Waals surface area contributed by atoms with Crippen molar-refractivity contribution in [1.29, 1.82) is 0 Å². The first-order valence-corrected chi connectivity index (χ1v) is 11.3. The minimum absolute atomic E-state index is 0.154. The Kier molecular flexibility index (Phi) is 8.51. The lowest BCUT2D eigenvalue weighted by molar-refractivity contribution is -0.133. The first-order chi connectivity index (χ1) is 15.0. The molecule has 1 aliphatic rings. The third-order valence-electron chi connectivity index (χ3n) is 5.77. The molecule has 0 aromatic heterocycles. The molecule has 5 nitrogen and oxygen atoms in total. The molecule has 166 valence electrons. The van der Waals surface area contributed by atoms with Crippen molar-refractivity contribution in [3.05, 3.63) is 65.2 Å². The van der Waals surface area contributed by atoms with Gasteiger partial charge in [-0.25, -0.2) is 0 Å². The Morgan fingerprint density at radius 3 is 1.94 bits per heavy atom. The average molecular weight is 423 g/mol. The highest BCUT2D eigenvalue weighted by Crippen LogP contribution is 2.13. The third kappa shape index (κ3) is 7.42. The summed E-state index contributed by atoms with van der Waals surface area (Å²) in [6, 6.07) is 16.3. The van der Waals surface area contributed by atoms with Crippen LogP contribution in [-0.2, 0) is 16.0 Å². The molecule has 2 aromatic carbocycles. The highest BCUT2D eigenvalue weighted by Gasteiger charge is 2.21. The second-order valence-corrected chi connectivity index (χ2v) is 8.37. The molecule has 5 heteroatoms. The minimum Gasteiger partial charge on any atom is -0.494 e. The lowest BCUT2D eigenvalue weighted by Crippen LogP contribution is -2.37. The fraction of sp³-hybridized carbons (Fsp3) is 0.462. The molecule has 0 bridgehead atoms. The maximum absolute atomic E-state index is 12.6. The minimum atomic E-state index is 0.154. The van der Waals surface area contributed by atoms with Gasteiger partial charge >= 0.3 is 0 Å². The van der Waals surface area contributed by atoms with Crippen LogP contribution in [0.2, 0.25) is 0 Å². The molecule has 2 aromatic rings. The number of amides is 2. The van der Waals surface area contributed by atoms with E-state index in [1.807, 2.05) is 41.0 Å². The topological polar surface area (TPSA) is 49.9 Å². The number of hydrogen-bond acceptors (Lipinski definition) is 3. The Balaban J connectivity index is 1.36. The number of aryl methyl sites for hydroxylation is 3. The van der Waals surface area contributed by atoms with Gasteiger partial charge in [0.15, 0.2) is 0 Å². The van der Waals surface area contributed by atoms with Crippen LogP contribution >= 0.6 is 0 Å². The fourth-order valence-corrected chi connectivity index (χ4v) is 3.79. The number of ether oxygens (including phenoxy) is 1. The zero-order chi connectivity index (χ0) is 22.1. The van der Waals surface area contributed by atoms with E-state index >= 15 is 0 Å². The number of benzene rings is 2. The third-order valence-corrected chi connectivity index (χ3v) is 5.77. The van der Waals surface area contributed by atoms with E-state index in [0.717, 1.165) is 31.7 Å². The molecule has 1 saturated heterocycles. The predicted molar refractivity (Wildman–Crippen MR) is 123 cm³/mol. The monoisotopic (exact) mass is 422 g/mol. The van der Waals surface area contributed by atoms with Gasteiger partial charge in [-0.1, -0.05) is 47.5 Å². The van der Waals surface area contributed by atoms with E-state index in [4.69, 9.17) is 4.74 Å². The molecule has 0 aliphatic carbocycles. The van der Waals surface area contributed by atoms with Crippen molar-refractivity contribution in [1.82, 2.24) is 9.80 Å². The van der Waals surface area contributed by atoms with E-state index < -0.39 is 0 Å². The van der Waals surface area contributed by atoms with E-state index in [-0.39, 0.29) is 11.8 Å². The van der Waals surface area contributed by atoms with E-state index in [2.05, 4.69) is 31.2 Å². The van der Waals surface area contributed by atoms with E-state index in [9.17, 15) is 9.59 Å². The molecule has 0 radical (unpaired) electrons. The molecule has 3 rings (SSSR count). The molecule has 0 saturated carbocycles. The van der Waals surface area contributed by atoms with Crippen molar-refractivity contribution in [3.8, 4) is 5.75 Å². The summed E-state index contributed by atoms with van der Waals surface area (Å²) in [6.45, 7) is 7.34. The maximum Gasteiger partial charge on any atom is 0.222 e. The second-order valence-electron chi connectivity index (χ2n) is 8.37. The zero-order valence-electron chi connectivity index (χ0n) is 18.8. The molecular formula is C26H34N2O3. The second kappa shape index (κ2) is 11.5. The number of hydrogen-bond donors (Lipinski definition) is 0. The van der Waals surface area contributed by atoms with Crippen LogP contribution in [0.1, 0.15) is 42.4 Å². The Hall–Kier alpha value is -2.82. The van der Waals surface area contributed by atoms with Crippen LogP contribution in [-0.4, -0.2) is 54.4 Å². The Bertz CT molecular complexity index is 846. The van der Waals surface area contributed by atoms with Gasteiger partial charge in [-0.3, -0.25) is 9.59 Å². The smallest absolute Gasteiger partial charge is 0.222 e. The maximum atomic E-state index is 12.6. The molecule has 2 amide bonds. The molecule has 1 aliphatic heterocycles. The van der Waals surface area contributed by atoms with Crippen LogP contribution in [0.15, 0.2) is 48.5 Å². The van der Waals surface area contributed by atoms with Gasteiger partial charge in [0, 0.05) is 39.0 Å². The van der Waals surface area contributed by atoms with Crippen LogP contribution in [0.25, 0.3) is 0 Å². The van der Waals surface area contributed by atoms with Crippen molar-refractivity contribution in [2.24, 2.45) is 0 Å². The molecule has 31 heavy (non-hydrogen) atoms. The fourth-order valence-electron chi connectivity index (χ4n) is 3.79. The van der Waals surface area contributed by atoms with Crippen LogP contribution in [0, 0.1) is 13.8 Å². The van der Waals surface area contributed by atoms with Crippen molar-refractivity contribution < 1.29 is 14.3 Å². The average Bonchev–Trinajstić information content (AvgIpc) is 3.04. The molecule has 0 N–H and O–H groups in total. The number of carbonyl (C=O) groups excluding carboxylic acids is 2. The summed E-state index contributed by atoms with van der Waals surface area (Å²) in [5.74, 6) is 1.18. The largest absolute Gasteiger partial charge is 0.494 e. The summed E-state index contributed by atoms with van der Waals surface area (Å²) in [4.78, 5) is 29.0. The number of nitrogens with zero attached hydrogens (tertiary/aromatic N) is 2. The number of rotatable bonds is 8. The molecule has 0 unspecified atom stereocenters. The van der Waals surface area contributed by atoms with Gasteiger partial charge in [-0.2, -0.15) is 0 Å². The standard InChI is InChI=1S/C26H34N2O3/c1-21-6-10-23(11-7-21)12-15-26(30)28-17-4-16-27(18-19-28)25(29)5-3-20-31-24-13-8-22(2)9-14-24/h6-11,13-14H,3-5,12,15-20H2,1-2H3. The molecule has 0 spiro atoms. The summed E-state index contributed by atoms with van der Waals surface area (Å²) >= 11 is 0. The first-order valence-electron chi connectivity index (χ1n) is 11.3. The van der Waals surface area contributed by atoms with Gasteiger partial charge in [-0.05, 0) is 50.8 Å². The van der Waals surface area contributed by atoms with Gasteiger partial charge < -0.3 is 14.5 Å². The summed E-state index contributed by atoms with van der Waals surface area (Å²) in [5, 5.41) is 0. The van der Waals surface area contributed by atoms with Gasteiger partial charge in [-0.15, -0.1) is 0 Å².